The summed E-state index contributed by atoms with van der Waals surface area (Å²) in [6, 6.07) is 14.9. The summed E-state index contributed by atoms with van der Waals surface area (Å²) in [6.07, 6.45) is -3.80. The normalized spacial score (nSPS) is 17.0. The lowest BCUT2D eigenvalue weighted by Crippen LogP contribution is -2.43. The van der Waals surface area contributed by atoms with Crippen molar-refractivity contribution in [3.63, 3.8) is 0 Å². The summed E-state index contributed by atoms with van der Waals surface area (Å²) in [5.74, 6) is 0.0188. The fraction of sp³-hybridized carbons (Fsp3) is 0.105. The first-order chi connectivity index (χ1) is 12.4. The summed E-state index contributed by atoms with van der Waals surface area (Å²) in [6.45, 7) is 0. The molecule has 0 saturated carbocycles. The molecule has 1 unspecified atom stereocenters. The molecule has 0 spiro atoms. The summed E-state index contributed by atoms with van der Waals surface area (Å²) in [7, 11) is 0. The van der Waals surface area contributed by atoms with Gasteiger partial charge in [-0.25, -0.2) is 0 Å². The van der Waals surface area contributed by atoms with Gasteiger partial charge in [-0.05, 0) is 42.5 Å². The zero-order valence-electron chi connectivity index (χ0n) is 13.3. The van der Waals surface area contributed by atoms with Gasteiger partial charge in [0.15, 0.2) is 6.17 Å². The third kappa shape index (κ3) is 2.71. The van der Waals surface area contributed by atoms with Crippen LogP contribution in [0.5, 0.6) is 0 Å². The molecule has 3 aromatic rings. The Balaban J connectivity index is 1.85. The molecule has 26 heavy (non-hydrogen) atoms. The minimum absolute atomic E-state index is 0.133. The van der Waals surface area contributed by atoms with E-state index in [1.165, 1.54) is 23.3 Å². The van der Waals surface area contributed by atoms with Crippen molar-refractivity contribution in [2.45, 2.75) is 12.3 Å². The SMILES string of the molecule is O=C1c2ccccc2NC(c2ccco2)N1c1cccc(C(F)(F)F)c1. The van der Waals surface area contributed by atoms with Crippen LogP contribution in [0.1, 0.15) is 27.8 Å². The molecule has 1 aromatic heterocycles. The van der Waals surface area contributed by atoms with Gasteiger partial charge in [0.05, 0.1) is 17.4 Å². The Morgan fingerprint density at radius 2 is 1.81 bits per heavy atom. The highest BCUT2D eigenvalue weighted by molar-refractivity contribution is 6.12. The number of anilines is 2. The number of rotatable bonds is 2. The van der Waals surface area contributed by atoms with Crippen LogP contribution in [0, 0.1) is 0 Å². The van der Waals surface area contributed by atoms with Crippen molar-refractivity contribution in [1.29, 1.82) is 0 Å². The molecule has 0 radical (unpaired) electrons. The molecule has 1 aliphatic heterocycles. The highest BCUT2D eigenvalue weighted by Gasteiger charge is 2.37. The number of carbonyl (C=O) groups is 1. The number of nitrogens with zero attached hydrogens (tertiary/aromatic N) is 1. The van der Waals surface area contributed by atoms with Gasteiger partial charge >= 0.3 is 6.18 Å². The van der Waals surface area contributed by atoms with Gasteiger partial charge in [-0.2, -0.15) is 13.2 Å². The number of alkyl halides is 3. The largest absolute Gasteiger partial charge is 0.465 e. The Hall–Kier alpha value is -3.22. The van der Waals surface area contributed by atoms with Crippen LogP contribution in [-0.2, 0) is 6.18 Å². The quantitative estimate of drug-likeness (QED) is 0.696. The predicted molar refractivity (Wildman–Crippen MR) is 89.8 cm³/mol. The van der Waals surface area contributed by atoms with E-state index in [-0.39, 0.29) is 5.69 Å². The van der Waals surface area contributed by atoms with E-state index < -0.39 is 23.8 Å². The van der Waals surface area contributed by atoms with E-state index >= 15 is 0 Å². The maximum Gasteiger partial charge on any atom is 0.416 e. The van der Waals surface area contributed by atoms with E-state index in [1.807, 2.05) is 0 Å². The van der Waals surface area contributed by atoms with E-state index in [4.69, 9.17) is 4.42 Å². The monoisotopic (exact) mass is 358 g/mol. The molecule has 1 amide bonds. The fourth-order valence-corrected chi connectivity index (χ4v) is 3.00. The summed E-state index contributed by atoms with van der Waals surface area (Å²) >= 11 is 0. The third-order valence-corrected chi connectivity index (χ3v) is 4.19. The van der Waals surface area contributed by atoms with Crippen LogP contribution in [0.25, 0.3) is 0 Å². The smallest absolute Gasteiger partial charge is 0.416 e. The van der Waals surface area contributed by atoms with Gasteiger partial charge < -0.3 is 9.73 Å². The number of furan rings is 1. The van der Waals surface area contributed by atoms with E-state index in [0.717, 1.165) is 12.1 Å². The Bertz CT molecular complexity index is 951. The molecule has 2 aromatic carbocycles. The molecule has 2 heterocycles. The molecule has 0 fully saturated rings. The molecular formula is C19H13F3N2O2. The molecule has 4 rings (SSSR count). The maximum absolute atomic E-state index is 13.1. The predicted octanol–water partition coefficient (Wildman–Crippen LogP) is 5.07. The Labute approximate surface area is 146 Å². The molecule has 0 aliphatic carbocycles. The minimum atomic E-state index is -4.50. The van der Waals surface area contributed by atoms with Gasteiger partial charge in [0.2, 0.25) is 0 Å². The Morgan fingerprint density at radius 3 is 2.54 bits per heavy atom. The zero-order chi connectivity index (χ0) is 18.3. The number of hydrogen-bond acceptors (Lipinski definition) is 3. The van der Waals surface area contributed by atoms with Crippen LogP contribution in [0.15, 0.2) is 71.3 Å². The lowest BCUT2D eigenvalue weighted by molar-refractivity contribution is -0.137. The third-order valence-electron chi connectivity index (χ3n) is 4.19. The highest BCUT2D eigenvalue weighted by atomic mass is 19.4. The number of benzene rings is 2. The van der Waals surface area contributed by atoms with Crippen LogP contribution in [0.4, 0.5) is 24.5 Å². The molecule has 132 valence electrons. The topological polar surface area (TPSA) is 45.5 Å². The summed E-state index contributed by atoms with van der Waals surface area (Å²) in [5.41, 5.74) is 0.294. The summed E-state index contributed by atoms with van der Waals surface area (Å²) in [4.78, 5) is 14.3. The number of carbonyl (C=O) groups excluding carboxylic acids is 1. The Morgan fingerprint density at radius 1 is 1.00 bits per heavy atom. The van der Waals surface area contributed by atoms with Crippen molar-refractivity contribution in [2.24, 2.45) is 0 Å². The molecule has 1 aliphatic rings. The van der Waals surface area contributed by atoms with E-state index in [1.54, 1.807) is 36.4 Å². The highest BCUT2D eigenvalue weighted by Crippen LogP contribution is 2.38. The van der Waals surface area contributed by atoms with Crippen LogP contribution >= 0.6 is 0 Å². The first-order valence-corrected chi connectivity index (χ1v) is 7.85. The van der Waals surface area contributed by atoms with Gasteiger partial charge in [0, 0.05) is 11.4 Å². The van der Waals surface area contributed by atoms with Gasteiger partial charge in [0.1, 0.15) is 5.76 Å². The first kappa shape index (κ1) is 16.3. The van der Waals surface area contributed by atoms with E-state index in [9.17, 15) is 18.0 Å². The first-order valence-electron chi connectivity index (χ1n) is 7.85. The summed E-state index contributed by atoms with van der Waals surface area (Å²) in [5, 5.41) is 3.17. The number of para-hydroxylation sites is 1. The second kappa shape index (κ2) is 5.94. The fourth-order valence-electron chi connectivity index (χ4n) is 3.00. The molecule has 4 nitrogen and oxygen atoms in total. The van der Waals surface area contributed by atoms with Crippen molar-refractivity contribution in [1.82, 2.24) is 0 Å². The molecule has 1 atom stereocenters. The van der Waals surface area contributed by atoms with E-state index in [0.29, 0.717) is 17.0 Å². The average Bonchev–Trinajstić information content (AvgIpc) is 3.15. The average molecular weight is 358 g/mol. The van der Waals surface area contributed by atoms with Gasteiger partial charge in [-0.3, -0.25) is 9.69 Å². The molecule has 0 bridgehead atoms. The number of nitrogens with one attached hydrogen (secondary N) is 1. The van der Waals surface area contributed by atoms with Crippen LogP contribution < -0.4 is 10.2 Å². The second-order valence-corrected chi connectivity index (χ2v) is 5.83. The minimum Gasteiger partial charge on any atom is -0.465 e. The number of fused-ring (bicyclic) bond motifs is 1. The molecule has 0 saturated heterocycles. The maximum atomic E-state index is 13.1. The van der Waals surface area contributed by atoms with Gasteiger partial charge in [-0.15, -0.1) is 0 Å². The van der Waals surface area contributed by atoms with Crippen molar-refractivity contribution in [2.75, 3.05) is 10.2 Å². The Kier molecular flexibility index (Phi) is 3.72. The van der Waals surface area contributed by atoms with Crippen molar-refractivity contribution >= 4 is 17.3 Å². The van der Waals surface area contributed by atoms with Crippen LogP contribution in [-0.4, -0.2) is 5.91 Å². The van der Waals surface area contributed by atoms with Crippen molar-refractivity contribution in [3.05, 3.63) is 83.8 Å². The van der Waals surface area contributed by atoms with Crippen molar-refractivity contribution in [3.8, 4) is 0 Å². The van der Waals surface area contributed by atoms with Crippen LogP contribution in [0.3, 0.4) is 0 Å². The van der Waals surface area contributed by atoms with Crippen molar-refractivity contribution < 1.29 is 22.4 Å². The number of hydrogen-bond donors (Lipinski definition) is 1. The van der Waals surface area contributed by atoms with E-state index in [2.05, 4.69) is 5.32 Å². The lowest BCUT2D eigenvalue weighted by Gasteiger charge is -2.36. The zero-order valence-corrected chi connectivity index (χ0v) is 13.3. The lowest BCUT2D eigenvalue weighted by atomic mass is 10.0. The number of halogens is 3. The summed E-state index contributed by atoms with van der Waals surface area (Å²) < 4.78 is 44.7. The van der Waals surface area contributed by atoms with Gasteiger partial charge in [0.25, 0.3) is 5.91 Å². The molecule has 1 N–H and O–H groups in total. The molecule has 7 heteroatoms. The van der Waals surface area contributed by atoms with Gasteiger partial charge in [-0.1, -0.05) is 18.2 Å². The second-order valence-electron chi connectivity index (χ2n) is 5.83. The standard InChI is InChI=1S/C19H13F3N2O2/c20-19(21,22)12-5-3-6-13(11-12)24-17(16-9-4-10-26-16)23-15-8-2-1-7-14(15)18(24)25/h1-11,17,23H. The number of amides is 1. The van der Waals surface area contributed by atoms with Crippen LogP contribution in [0.2, 0.25) is 0 Å². The molecular weight excluding hydrogens is 345 g/mol.